The van der Waals surface area contributed by atoms with E-state index in [2.05, 4.69) is 23.3 Å². The number of thiol groups is 1. The molecule has 0 aliphatic heterocycles. The van der Waals surface area contributed by atoms with E-state index < -0.39 is 36.0 Å². The predicted octanol–water partition coefficient (Wildman–Crippen LogP) is -1.54. The van der Waals surface area contributed by atoms with Gasteiger partial charge in [0.15, 0.2) is 0 Å². The first-order valence-corrected chi connectivity index (χ1v) is 9.11. The molecule has 1 aromatic rings. The van der Waals surface area contributed by atoms with Crippen LogP contribution in [0.1, 0.15) is 12.0 Å². The summed E-state index contributed by atoms with van der Waals surface area (Å²) in [6, 6.07) is 4.11. The van der Waals surface area contributed by atoms with E-state index in [1.165, 1.54) is 0 Å². The Morgan fingerprint density at radius 1 is 1.18 bits per heavy atom. The SMILES string of the molecule is NC(=O)[C@H](CS)NC(=O)[C@@H](N)CCNC(=O)Oc1ccc(C[C@H](N)C=O)cc1. The molecule has 1 aromatic carbocycles. The Morgan fingerprint density at radius 2 is 1.82 bits per heavy atom. The van der Waals surface area contributed by atoms with E-state index in [4.69, 9.17) is 21.9 Å². The van der Waals surface area contributed by atoms with E-state index in [0.717, 1.165) is 5.56 Å². The molecule has 0 saturated carbocycles. The number of rotatable bonds is 11. The minimum atomic E-state index is -0.941. The summed E-state index contributed by atoms with van der Waals surface area (Å²) < 4.78 is 5.09. The number of hydrogen-bond donors (Lipinski definition) is 6. The minimum absolute atomic E-state index is 0.0538. The van der Waals surface area contributed by atoms with Crippen LogP contribution in [-0.2, 0) is 20.8 Å². The summed E-state index contributed by atoms with van der Waals surface area (Å²) in [6.45, 7) is 0.0851. The topological polar surface area (TPSA) is 180 Å². The van der Waals surface area contributed by atoms with Crippen molar-refractivity contribution in [2.45, 2.75) is 31.0 Å². The van der Waals surface area contributed by atoms with Crippen molar-refractivity contribution in [1.29, 1.82) is 0 Å². The first-order valence-electron chi connectivity index (χ1n) is 8.48. The molecule has 10 nitrogen and oxygen atoms in total. The summed E-state index contributed by atoms with van der Waals surface area (Å²) in [5.41, 5.74) is 17.2. The number of benzene rings is 1. The number of carbonyl (C=O) groups is 4. The summed E-state index contributed by atoms with van der Waals surface area (Å²) in [7, 11) is 0. The molecular weight excluding hydrogens is 386 g/mol. The molecule has 0 radical (unpaired) electrons. The van der Waals surface area contributed by atoms with Gasteiger partial charge in [-0.2, -0.15) is 12.6 Å². The second kappa shape index (κ2) is 12.0. The van der Waals surface area contributed by atoms with E-state index >= 15 is 0 Å². The third kappa shape index (κ3) is 8.37. The van der Waals surface area contributed by atoms with Gasteiger partial charge >= 0.3 is 6.09 Å². The Balaban J connectivity index is 2.37. The maximum atomic E-state index is 11.9. The molecular formula is C17H25N5O5S. The Morgan fingerprint density at radius 3 is 2.36 bits per heavy atom. The quantitative estimate of drug-likeness (QED) is 0.188. The van der Waals surface area contributed by atoms with Crippen LogP contribution < -0.4 is 32.6 Å². The predicted molar refractivity (Wildman–Crippen MR) is 106 cm³/mol. The molecule has 0 bridgehead atoms. The van der Waals surface area contributed by atoms with Crippen LogP contribution in [0.25, 0.3) is 0 Å². The zero-order valence-corrected chi connectivity index (χ0v) is 16.1. The van der Waals surface area contributed by atoms with Gasteiger partial charge < -0.3 is 37.4 Å². The molecule has 0 heterocycles. The van der Waals surface area contributed by atoms with E-state index in [9.17, 15) is 19.2 Å². The van der Waals surface area contributed by atoms with Gasteiger partial charge in [-0.3, -0.25) is 9.59 Å². The summed E-state index contributed by atoms with van der Waals surface area (Å²) >= 11 is 3.92. The summed E-state index contributed by atoms with van der Waals surface area (Å²) in [6.07, 6.45) is 0.465. The molecule has 0 aliphatic carbocycles. The highest BCUT2D eigenvalue weighted by atomic mass is 32.1. The molecule has 8 N–H and O–H groups in total. The Bertz CT molecular complexity index is 685. The molecule has 3 atom stereocenters. The van der Waals surface area contributed by atoms with Crippen LogP contribution in [0.4, 0.5) is 4.79 Å². The summed E-state index contributed by atoms with van der Waals surface area (Å²) in [5.74, 6) is -0.923. The fraction of sp³-hybridized carbons (Fsp3) is 0.412. The molecule has 0 saturated heterocycles. The summed E-state index contributed by atoms with van der Waals surface area (Å²) in [4.78, 5) is 45.3. The number of ether oxygens (including phenoxy) is 1. The van der Waals surface area contributed by atoms with Crippen LogP contribution in [0.2, 0.25) is 0 Å². The number of nitrogens with two attached hydrogens (primary N) is 3. The lowest BCUT2D eigenvalue weighted by molar-refractivity contribution is -0.127. The number of aldehydes is 1. The van der Waals surface area contributed by atoms with Gasteiger partial charge in [0.2, 0.25) is 11.8 Å². The monoisotopic (exact) mass is 411 g/mol. The van der Waals surface area contributed by atoms with Crippen molar-refractivity contribution in [3.05, 3.63) is 29.8 Å². The molecule has 0 spiro atoms. The number of primary amides is 1. The normalized spacial score (nSPS) is 13.7. The molecule has 1 rings (SSSR count). The third-order valence-electron chi connectivity index (χ3n) is 3.68. The van der Waals surface area contributed by atoms with Crippen molar-refractivity contribution in [2.24, 2.45) is 17.2 Å². The van der Waals surface area contributed by atoms with Gasteiger partial charge in [0.1, 0.15) is 18.1 Å². The van der Waals surface area contributed by atoms with Gasteiger partial charge in [0.25, 0.3) is 0 Å². The van der Waals surface area contributed by atoms with Gasteiger partial charge in [-0.25, -0.2) is 4.79 Å². The minimum Gasteiger partial charge on any atom is -0.410 e. The number of nitrogens with one attached hydrogen (secondary N) is 2. The Kier molecular flexibility index (Phi) is 9.99. The van der Waals surface area contributed by atoms with Crippen molar-refractivity contribution >= 4 is 36.8 Å². The molecule has 11 heteroatoms. The zero-order valence-electron chi connectivity index (χ0n) is 15.2. The largest absolute Gasteiger partial charge is 0.412 e. The van der Waals surface area contributed by atoms with Crippen molar-refractivity contribution in [3.63, 3.8) is 0 Å². The zero-order chi connectivity index (χ0) is 21.1. The fourth-order valence-corrected chi connectivity index (χ4v) is 2.37. The van der Waals surface area contributed by atoms with E-state index in [1.54, 1.807) is 24.3 Å². The van der Waals surface area contributed by atoms with Gasteiger partial charge in [-0.1, -0.05) is 12.1 Å². The fourth-order valence-electron chi connectivity index (χ4n) is 2.10. The maximum absolute atomic E-state index is 11.9. The highest BCUT2D eigenvalue weighted by Gasteiger charge is 2.20. The van der Waals surface area contributed by atoms with Gasteiger partial charge in [0.05, 0.1) is 12.1 Å². The van der Waals surface area contributed by atoms with Gasteiger partial charge in [0, 0.05) is 12.3 Å². The van der Waals surface area contributed by atoms with E-state index in [0.29, 0.717) is 18.5 Å². The lowest BCUT2D eigenvalue weighted by Crippen LogP contribution is -2.51. The molecule has 0 unspecified atom stereocenters. The lowest BCUT2D eigenvalue weighted by Gasteiger charge is -2.17. The number of carbonyl (C=O) groups excluding carboxylic acids is 4. The van der Waals surface area contributed by atoms with Crippen LogP contribution in [-0.4, -0.2) is 54.6 Å². The smallest absolute Gasteiger partial charge is 0.410 e. The van der Waals surface area contributed by atoms with Crippen molar-refractivity contribution in [1.82, 2.24) is 10.6 Å². The Hall–Kier alpha value is -2.63. The number of amides is 3. The van der Waals surface area contributed by atoms with Gasteiger partial charge in [-0.05, 0) is 30.5 Å². The van der Waals surface area contributed by atoms with Crippen LogP contribution >= 0.6 is 12.6 Å². The van der Waals surface area contributed by atoms with Crippen LogP contribution in [0, 0.1) is 0 Å². The molecule has 28 heavy (non-hydrogen) atoms. The van der Waals surface area contributed by atoms with E-state index in [1.807, 2.05) is 0 Å². The average molecular weight is 411 g/mol. The molecule has 0 fully saturated rings. The molecule has 3 amide bonds. The Labute approximate surface area is 167 Å². The second-order valence-corrected chi connectivity index (χ2v) is 6.37. The molecule has 0 aromatic heterocycles. The van der Waals surface area contributed by atoms with Crippen LogP contribution in [0.3, 0.4) is 0 Å². The molecule has 0 aliphatic rings. The van der Waals surface area contributed by atoms with Crippen molar-refractivity contribution in [3.8, 4) is 5.75 Å². The average Bonchev–Trinajstić information content (AvgIpc) is 2.66. The first-order chi connectivity index (χ1) is 13.3. The summed E-state index contributed by atoms with van der Waals surface area (Å²) in [5, 5.41) is 4.85. The highest BCUT2D eigenvalue weighted by molar-refractivity contribution is 7.80. The van der Waals surface area contributed by atoms with Crippen molar-refractivity contribution < 1.29 is 23.9 Å². The van der Waals surface area contributed by atoms with Gasteiger partial charge in [-0.15, -0.1) is 0 Å². The second-order valence-electron chi connectivity index (χ2n) is 6.01. The van der Waals surface area contributed by atoms with Crippen molar-refractivity contribution in [2.75, 3.05) is 12.3 Å². The van der Waals surface area contributed by atoms with Crippen LogP contribution in [0.15, 0.2) is 24.3 Å². The first kappa shape index (κ1) is 23.4. The maximum Gasteiger partial charge on any atom is 0.412 e. The van der Waals surface area contributed by atoms with E-state index in [-0.39, 0.29) is 18.7 Å². The molecule has 154 valence electrons. The number of hydrogen-bond acceptors (Lipinski definition) is 8. The third-order valence-corrected chi connectivity index (χ3v) is 4.05. The highest BCUT2D eigenvalue weighted by Crippen LogP contribution is 2.13. The van der Waals surface area contributed by atoms with Crippen LogP contribution in [0.5, 0.6) is 5.75 Å². The lowest BCUT2D eigenvalue weighted by atomic mass is 10.1. The standard InChI is InChI=1S/C17H25N5O5S/c18-11(8-23)7-10-1-3-12(4-2-10)27-17(26)21-6-5-13(19)16(25)22-14(9-28)15(20)24/h1-4,8,11,13-14,28H,5-7,9,18-19H2,(H2,20,24)(H,21,26)(H,22,25)/t11-,13-,14-/m0/s1.